The number of phenolic OH excluding ortho intramolecular Hbond substituents is 1. The van der Waals surface area contributed by atoms with Crippen molar-refractivity contribution >= 4 is 34.7 Å². The maximum absolute atomic E-state index is 11.0. The molecule has 6 rings (SSSR count). The Balaban J connectivity index is 0.000000158. The second-order valence-electron chi connectivity index (χ2n) is 10.9. The number of aromatic hydroxyl groups is 1. The van der Waals surface area contributed by atoms with Gasteiger partial charge in [0.15, 0.2) is 0 Å². The van der Waals surface area contributed by atoms with E-state index in [1.54, 1.807) is 38.2 Å². The largest absolute Gasteiger partial charge is 0.508 e. The molecular formula is C32H40ClN7O2. The predicted molar refractivity (Wildman–Crippen MR) is 170 cm³/mol. The molecule has 0 aliphatic carbocycles. The topological polar surface area (TPSA) is 109 Å². The first-order valence-corrected chi connectivity index (χ1v) is 14.5. The van der Waals surface area contributed by atoms with Crippen molar-refractivity contribution in [3.8, 4) is 5.75 Å². The van der Waals surface area contributed by atoms with Crippen LogP contribution in [0.2, 0.25) is 5.02 Å². The van der Waals surface area contributed by atoms with Crippen LogP contribution in [0.4, 0.5) is 11.5 Å². The van der Waals surface area contributed by atoms with Crippen LogP contribution < -0.4 is 10.2 Å². The van der Waals surface area contributed by atoms with Gasteiger partial charge >= 0.3 is 0 Å². The van der Waals surface area contributed by atoms with E-state index in [9.17, 15) is 4.79 Å². The summed E-state index contributed by atoms with van der Waals surface area (Å²) >= 11 is 5.65. The Morgan fingerprint density at radius 1 is 1.07 bits per heavy atom. The number of carbonyl (C=O) groups excluding carboxylic acids is 1. The Morgan fingerprint density at radius 2 is 1.74 bits per heavy atom. The second-order valence-corrected chi connectivity index (χ2v) is 11.3. The predicted octanol–water partition coefficient (Wildman–Crippen LogP) is 5.18. The van der Waals surface area contributed by atoms with Crippen LogP contribution in [0.1, 0.15) is 35.9 Å². The van der Waals surface area contributed by atoms with Gasteiger partial charge in [-0.25, -0.2) is 9.97 Å². The molecule has 0 spiro atoms. The number of allylic oxidation sites excluding steroid dienone is 1. The van der Waals surface area contributed by atoms with Gasteiger partial charge in [0.2, 0.25) is 5.91 Å². The number of hydrogen-bond donors (Lipinski definition) is 3. The molecule has 3 aliphatic rings. The van der Waals surface area contributed by atoms with E-state index in [1.807, 2.05) is 0 Å². The zero-order valence-electron chi connectivity index (χ0n) is 24.8. The summed E-state index contributed by atoms with van der Waals surface area (Å²) in [5.41, 5.74) is 5.54. The second kappa shape index (κ2) is 13.8. The monoisotopic (exact) mass is 589 g/mol. The number of likely N-dealkylation sites (tertiary alicyclic amines) is 1. The summed E-state index contributed by atoms with van der Waals surface area (Å²) in [6.45, 7) is 18.8. The van der Waals surface area contributed by atoms with Gasteiger partial charge in [-0.05, 0) is 52.0 Å². The van der Waals surface area contributed by atoms with Gasteiger partial charge in [0.05, 0.1) is 17.7 Å². The van der Waals surface area contributed by atoms with E-state index in [0.717, 1.165) is 24.7 Å². The number of aromatic nitrogens is 2. The number of phenols is 1. The highest BCUT2D eigenvalue weighted by Crippen LogP contribution is 2.24. The van der Waals surface area contributed by atoms with Crippen LogP contribution in [0.25, 0.3) is 0 Å². The molecule has 0 radical (unpaired) electrons. The van der Waals surface area contributed by atoms with Gasteiger partial charge in [-0.1, -0.05) is 41.9 Å². The van der Waals surface area contributed by atoms with Crippen molar-refractivity contribution in [2.24, 2.45) is 0 Å². The number of amides is 1. The third-order valence-electron chi connectivity index (χ3n) is 7.70. The van der Waals surface area contributed by atoms with E-state index in [0.29, 0.717) is 22.2 Å². The van der Waals surface area contributed by atoms with E-state index in [2.05, 4.69) is 74.7 Å². The summed E-state index contributed by atoms with van der Waals surface area (Å²) in [6, 6.07) is 14.7. The zero-order valence-corrected chi connectivity index (χ0v) is 25.6. The molecule has 0 bridgehead atoms. The molecule has 0 atom stereocenters. The fourth-order valence-electron chi connectivity index (χ4n) is 4.91. The van der Waals surface area contributed by atoms with Gasteiger partial charge in [-0.15, -0.1) is 0 Å². The van der Waals surface area contributed by atoms with E-state index >= 15 is 0 Å². The van der Waals surface area contributed by atoms with Gasteiger partial charge in [0, 0.05) is 73.5 Å². The molecule has 10 heteroatoms. The fourth-order valence-corrected chi connectivity index (χ4v) is 5.08. The van der Waals surface area contributed by atoms with Crippen LogP contribution in [0.3, 0.4) is 0 Å². The first-order valence-electron chi connectivity index (χ1n) is 14.1. The lowest BCUT2D eigenvalue weighted by Gasteiger charge is -2.49. The SMILES string of the molecule is C=C(C)N1CC(N2CCN(c3ccc(C)cc3)CC2)C1.Cc1c(O)cccc1Cl.Cc1ncc2c(n1)NC(=O)CC2=N. The minimum Gasteiger partial charge on any atom is -0.508 e. The van der Waals surface area contributed by atoms with Crippen molar-refractivity contribution in [3.63, 3.8) is 0 Å². The minimum absolute atomic E-state index is 0.111. The van der Waals surface area contributed by atoms with E-state index in [-0.39, 0.29) is 23.8 Å². The Bertz CT molecular complexity index is 1410. The Kier molecular flexibility index (Phi) is 10.2. The lowest BCUT2D eigenvalue weighted by Crippen LogP contribution is -2.62. The summed E-state index contributed by atoms with van der Waals surface area (Å²) in [4.78, 5) is 26.6. The van der Waals surface area contributed by atoms with E-state index in [4.69, 9.17) is 22.1 Å². The van der Waals surface area contributed by atoms with Crippen LogP contribution in [0.5, 0.6) is 5.75 Å². The summed E-state index contributed by atoms with van der Waals surface area (Å²) in [5.74, 6) is 1.11. The number of fused-ring (bicyclic) bond motifs is 1. The van der Waals surface area contributed by atoms with Crippen molar-refractivity contribution in [2.75, 3.05) is 49.5 Å². The number of nitrogens with one attached hydrogen (secondary N) is 2. The van der Waals surface area contributed by atoms with Gasteiger partial charge in [-0.3, -0.25) is 9.69 Å². The molecule has 3 N–H and O–H groups in total. The molecule has 3 aromatic rings. The van der Waals surface area contributed by atoms with Crippen LogP contribution >= 0.6 is 11.6 Å². The van der Waals surface area contributed by atoms with Crippen molar-refractivity contribution in [1.82, 2.24) is 19.8 Å². The lowest BCUT2D eigenvalue weighted by molar-refractivity contribution is -0.115. The van der Waals surface area contributed by atoms with Crippen molar-refractivity contribution in [3.05, 3.63) is 88.5 Å². The van der Waals surface area contributed by atoms with Crippen LogP contribution in [-0.4, -0.2) is 81.8 Å². The third-order valence-corrected chi connectivity index (χ3v) is 8.11. The summed E-state index contributed by atoms with van der Waals surface area (Å²) in [6.07, 6.45) is 1.68. The lowest BCUT2D eigenvalue weighted by atomic mass is 10.1. The third kappa shape index (κ3) is 7.86. The summed E-state index contributed by atoms with van der Waals surface area (Å²) < 4.78 is 0. The zero-order chi connectivity index (χ0) is 30.4. The van der Waals surface area contributed by atoms with Crippen molar-refractivity contribution in [2.45, 2.75) is 40.2 Å². The molecule has 2 fully saturated rings. The molecule has 222 valence electrons. The summed E-state index contributed by atoms with van der Waals surface area (Å²) in [5, 5.41) is 19.8. The van der Waals surface area contributed by atoms with Crippen LogP contribution in [-0.2, 0) is 4.79 Å². The number of piperazine rings is 1. The van der Waals surface area contributed by atoms with E-state index < -0.39 is 0 Å². The molecular weight excluding hydrogens is 550 g/mol. The molecule has 0 saturated carbocycles. The normalized spacial score (nSPS) is 16.7. The number of nitrogens with zero attached hydrogens (tertiary/aromatic N) is 5. The molecule has 1 amide bonds. The highest BCUT2D eigenvalue weighted by molar-refractivity contribution is 6.31. The number of carbonyl (C=O) groups is 1. The number of benzene rings is 2. The molecule has 2 aromatic carbocycles. The molecule has 3 aliphatic heterocycles. The van der Waals surface area contributed by atoms with E-state index in [1.165, 1.54) is 43.1 Å². The van der Waals surface area contributed by atoms with Gasteiger partial charge < -0.3 is 25.6 Å². The average Bonchev–Trinajstić information content (AvgIpc) is 2.92. The molecule has 0 unspecified atom stereocenters. The van der Waals surface area contributed by atoms with Crippen molar-refractivity contribution in [1.29, 1.82) is 5.41 Å². The standard InChI is InChI=1S/C17H25N3.C8H8N4O.C7H7ClO/c1-14(2)20-12-17(13-20)19-10-8-18(9-11-19)16-6-4-15(3)5-7-16;1-4-10-3-5-6(9)2-7(13)12-8(5)11-4;1-5-6(8)3-2-4-7(5)9/h4-7,17H,1,8-13H2,2-3H3;3,9H,2H2,1H3,(H,10,11,12,13);2-4,9H,1H3. The first-order chi connectivity index (χ1) is 20.0. The number of rotatable bonds is 3. The van der Waals surface area contributed by atoms with Crippen LogP contribution in [0, 0.1) is 26.2 Å². The number of aryl methyl sites for hydroxylation is 2. The van der Waals surface area contributed by atoms with Gasteiger partial charge in [-0.2, -0.15) is 0 Å². The first kappa shape index (κ1) is 31.0. The molecule has 42 heavy (non-hydrogen) atoms. The van der Waals surface area contributed by atoms with Gasteiger partial charge in [0.25, 0.3) is 0 Å². The highest BCUT2D eigenvalue weighted by atomic mass is 35.5. The van der Waals surface area contributed by atoms with Crippen LogP contribution in [0.15, 0.2) is 60.9 Å². The summed E-state index contributed by atoms with van der Waals surface area (Å²) in [7, 11) is 0. The number of anilines is 2. The molecule has 9 nitrogen and oxygen atoms in total. The minimum atomic E-state index is -0.185. The van der Waals surface area contributed by atoms with Crippen molar-refractivity contribution < 1.29 is 9.90 Å². The quantitative estimate of drug-likeness (QED) is 0.386. The average molecular weight is 590 g/mol. The Labute approximate surface area is 253 Å². The smallest absolute Gasteiger partial charge is 0.231 e. The number of halogens is 1. The molecule has 1 aromatic heterocycles. The Hall–Kier alpha value is -3.95. The Morgan fingerprint density at radius 3 is 2.33 bits per heavy atom. The molecule has 2 saturated heterocycles. The fraction of sp³-hybridized carbons (Fsp3) is 0.375. The highest BCUT2D eigenvalue weighted by Gasteiger charge is 2.33. The van der Waals surface area contributed by atoms with Gasteiger partial charge in [0.1, 0.15) is 17.4 Å². The molecule has 4 heterocycles. The maximum Gasteiger partial charge on any atom is 0.231 e. The maximum atomic E-state index is 11.0. The number of hydrogen-bond acceptors (Lipinski definition) is 8.